The molecule has 1 amide bonds. The van der Waals surface area contributed by atoms with Crippen LogP contribution in [0.25, 0.3) is 0 Å². The largest absolute Gasteiger partial charge is 0.492 e. The van der Waals surface area contributed by atoms with E-state index in [1.54, 1.807) is 0 Å². The number of nitrogens with two attached hydrogens (primary N) is 1. The first-order valence-corrected chi connectivity index (χ1v) is 6.43. The summed E-state index contributed by atoms with van der Waals surface area (Å²) in [4.78, 5) is 11.7. The van der Waals surface area contributed by atoms with Gasteiger partial charge < -0.3 is 15.8 Å². The molecule has 0 aromatic heterocycles. The SMILES string of the molecule is CCCC(CN)C(=O)NCCOc1ccccc1. The minimum absolute atomic E-state index is 0.0241. The maximum Gasteiger partial charge on any atom is 0.224 e. The topological polar surface area (TPSA) is 64.4 Å². The van der Waals surface area contributed by atoms with Crippen LogP contribution in [0.2, 0.25) is 0 Å². The second-order valence-corrected chi connectivity index (χ2v) is 4.17. The van der Waals surface area contributed by atoms with Crippen LogP contribution in [0.3, 0.4) is 0 Å². The average Bonchev–Trinajstić information content (AvgIpc) is 2.42. The van der Waals surface area contributed by atoms with Crippen molar-refractivity contribution in [3.63, 3.8) is 0 Å². The molecule has 0 aliphatic heterocycles. The molecule has 1 atom stereocenters. The highest BCUT2D eigenvalue weighted by molar-refractivity contribution is 5.78. The van der Waals surface area contributed by atoms with E-state index >= 15 is 0 Å². The number of para-hydroxylation sites is 1. The lowest BCUT2D eigenvalue weighted by molar-refractivity contribution is -0.125. The van der Waals surface area contributed by atoms with Gasteiger partial charge in [-0.2, -0.15) is 0 Å². The second kappa shape index (κ2) is 8.53. The van der Waals surface area contributed by atoms with Crippen LogP contribution in [0.5, 0.6) is 5.75 Å². The Morgan fingerprint density at radius 1 is 1.39 bits per heavy atom. The first kappa shape index (κ1) is 14.5. The Morgan fingerprint density at radius 2 is 2.11 bits per heavy atom. The molecule has 0 radical (unpaired) electrons. The van der Waals surface area contributed by atoms with Gasteiger partial charge in [0, 0.05) is 6.54 Å². The third-order valence-corrected chi connectivity index (χ3v) is 2.71. The van der Waals surface area contributed by atoms with Crippen LogP contribution in [0.1, 0.15) is 19.8 Å². The molecule has 1 aromatic carbocycles. The van der Waals surface area contributed by atoms with Crippen molar-refractivity contribution in [3.8, 4) is 5.75 Å². The zero-order chi connectivity index (χ0) is 13.2. The Kier molecular flexibility index (Phi) is 6.87. The van der Waals surface area contributed by atoms with E-state index in [2.05, 4.69) is 12.2 Å². The van der Waals surface area contributed by atoms with Crippen molar-refractivity contribution in [3.05, 3.63) is 30.3 Å². The minimum atomic E-state index is -0.0771. The number of hydrogen-bond acceptors (Lipinski definition) is 3. The van der Waals surface area contributed by atoms with Crippen LogP contribution < -0.4 is 15.8 Å². The van der Waals surface area contributed by atoms with Crippen LogP contribution in [0, 0.1) is 5.92 Å². The van der Waals surface area contributed by atoms with Gasteiger partial charge in [-0.05, 0) is 18.6 Å². The number of carbonyl (C=O) groups excluding carboxylic acids is 1. The molecule has 0 spiro atoms. The molecule has 1 aromatic rings. The van der Waals surface area contributed by atoms with E-state index in [0.29, 0.717) is 19.7 Å². The molecule has 0 aliphatic rings. The van der Waals surface area contributed by atoms with Crippen LogP contribution in [-0.2, 0) is 4.79 Å². The van der Waals surface area contributed by atoms with Gasteiger partial charge in [-0.15, -0.1) is 0 Å². The van der Waals surface area contributed by atoms with Crippen molar-refractivity contribution in [2.45, 2.75) is 19.8 Å². The van der Waals surface area contributed by atoms with Gasteiger partial charge in [-0.1, -0.05) is 31.5 Å². The van der Waals surface area contributed by atoms with Crippen molar-refractivity contribution in [2.24, 2.45) is 11.7 Å². The van der Waals surface area contributed by atoms with Crippen molar-refractivity contribution in [1.29, 1.82) is 0 Å². The number of rotatable bonds is 8. The molecule has 18 heavy (non-hydrogen) atoms. The highest BCUT2D eigenvalue weighted by Crippen LogP contribution is 2.07. The standard InChI is InChI=1S/C14H22N2O2/c1-2-6-12(11-15)14(17)16-9-10-18-13-7-4-3-5-8-13/h3-5,7-8,12H,2,6,9-11,15H2,1H3,(H,16,17). The van der Waals surface area contributed by atoms with E-state index in [0.717, 1.165) is 18.6 Å². The lowest BCUT2D eigenvalue weighted by Gasteiger charge is -2.14. The lowest BCUT2D eigenvalue weighted by Crippen LogP contribution is -2.37. The molecule has 3 N–H and O–H groups in total. The summed E-state index contributed by atoms with van der Waals surface area (Å²) in [5, 5.41) is 2.84. The normalized spacial score (nSPS) is 11.9. The Hall–Kier alpha value is -1.55. The van der Waals surface area contributed by atoms with E-state index in [-0.39, 0.29) is 11.8 Å². The van der Waals surface area contributed by atoms with Gasteiger partial charge in [0.1, 0.15) is 12.4 Å². The van der Waals surface area contributed by atoms with Crippen molar-refractivity contribution in [2.75, 3.05) is 19.7 Å². The van der Waals surface area contributed by atoms with E-state index in [9.17, 15) is 4.79 Å². The molecule has 0 aliphatic carbocycles. The fraction of sp³-hybridized carbons (Fsp3) is 0.500. The average molecular weight is 250 g/mol. The molecule has 1 unspecified atom stereocenters. The zero-order valence-electron chi connectivity index (χ0n) is 10.9. The van der Waals surface area contributed by atoms with Crippen LogP contribution in [0.4, 0.5) is 0 Å². The quantitative estimate of drug-likeness (QED) is 0.688. The summed E-state index contributed by atoms with van der Waals surface area (Å²) >= 11 is 0. The van der Waals surface area contributed by atoms with E-state index in [1.165, 1.54) is 0 Å². The molecule has 0 saturated heterocycles. The van der Waals surface area contributed by atoms with Gasteiger partial charge in [0.2, 0.25) is 5.91 Å². The summed E-state index contributed by atoms with van der Waals surface area (Å²) in [5.41, 5.74) is 5.56. The van der Waals surface area contributed by atoms with Gasteiger partial charge >= 0.3 is 0 Å². The Labute approximate surface area is 109 Å². The van der Waals surface area contributed by atoms with Gasteiger partial charge in [-0.25, -0.2) is 0 Å². The smallest absolute Gasteiger partial charge is 0.224 e. The number of carbonyl (C=O) groups is 1. The van der Waals surface area contributed by atoms with Gasteiger partial charge in [0.05, 0.1) is 12.5 Å². The molecule has 0 bridgehead atoms. The molecule has 4 heteroatoms. The van der Waals surface area contributed by atoms with E-state index in [4.69, 9.17) is 10.5 Å². The molecular weight excluding hydrogens is 228 g/mol. The predicted molar refractivity (Wildman–Crippen MR) is 72.4 cm³/mol. The van der Waals surface area contributed by atoms with Gasteiger partial charge in [-0.3, -0.25) is 4.79 Å². The molecule has 4 nitrogen and oxygen atoms in total. The summed E-state index contributed by atoms with van der Waals surface area (Å²) in [7, 11) is 0. The number of amides is 1. The zero-order valence-corrected chi connectivity index (χ0v) is 10.9. The van der Waals surface area contributed by atoms with E-state index < -0.39 is 0 Å². The third-order valence-electron chi connectivity index (χ3n) is 2.71. The number of hydrogen-bond donors (Lipinski definition) is 2. The molecule has 100 valence electrons. The minimum Gasteiger partial charge on any atom is -0.492 e. The first-order valence-electron chi connectivity index (χ1n) is 6.43. The summed E-state index contributed by atoms with van der Waals surface area (Å²) in [5.74, 6) is 0.762. The number of ether oxygens (including phenoxy) is 1. The Bertz CT molecular complexity index is 341. The molecular formula is C14H22N2O2. The fourth-order valence-electron chi connectivity index (χ4n) is 1.71. The van der Waals surface area contributed by atoms with Crippen LogP contribution in [-0.4, -0.2) is 25.6 Å². The van der Waals surface area contributed by atoms with Crippen molar-refractivity contribution >= 4 is 5.91 Å². The first-order chi connectivity index (χ1) is 8.77. The summed E-state index contributed by atoms with van der Waals surface area (Å²) in [6, 6.07) is 9.55. The lowest BCUT2D eigenvalue weighted by atomic mass is 10.0. The maximum absolute atomic E-state index is 11.7. The Morgan fingerprint density at radius 3 is 2.72 bits per heavy atom. The van der Waals surface area contributed by atoms with E-state index in [1.807, 2.05) is 30.3 Å². The highest BCUT2D eigenvalue weighted by atomic mass is 16.5. The monoisotopic (exact) mass is 250 g/mol. The van der Waals surface area contributed by atoms with Crippen molar-refractivity contribution < 1.29 is 9.53 Å². The Balaban J connectivity index is 2.19. The third kappa shape index (κ3) is 5.19. The van der Waals surface area contributed by atoms with Crippen LogP contribution >= 0.6 is 0 Å². The van der Waals surface area contributed by atoms with Crippen molar-refractivity contribution in [1.82, 2.24) is 5.32 Å². The molecule has 1 rings (SSSR count). The number of benzene rings is 1. The maximum atomic E-state index is 11.7. The van der Waals surface area contributed by atoms with Gasteiger partial charge in [0.25, 0.3) is 0 Å². The molecule has 0 heterocycles. The number of nitrogens with one attached hydrogen (secondary N) is 1. The van der Waals surface area contributed by atoms with Crippen LogP contribution in [0.15, 0.2) is 30.3 Å². The fourth-order valence-corrected chi connectivity index (χ4v) is 1.71. The summed E-state index contributed by atoms with van der Waals surface area (Å²) in [6.45, 7) is 3.43. The van der Waals surface area contributed by atoms with Gasteiger partial charge in [0.15, 0.2) is 0 Å². The second-order valence-electron chi connectivity index (χ2n) is 4.17. The molecule has 0 fully saturated rings. The predicted octanol–water partition coefficient (Wildman–Crippen LogP) is 1.56. The molecule has 0 saturated carbocycles. The summed E-state index contributed by atoms with van der Waals surface area (Å²) in [6.07, 6.45) is 1.80. The highest BCUT2D eigenvalue weighted by Gasteiger charge is 2.14. The summed E-state index contributed by atoms with van der Waals surface area (Å²) < 4.78 is 5.48.